The number of piperidine rings is 1. The molecule has 29 heavy (non-hydrogen) atoms. The quantitative estimate of drug-likeness (QED) is 0.635. The van der Waals surface area contributed by atoms with Crippen molar-refractivity contribution in [2.45, 2.75) is 12.8 Å². The first-order valence-electron chi connectivity index (χ1n) is 9.00. The van der Waals surface area contributed by atoms with Gasteiger partial charge in [-0.05, 0) is 54.7 Å². The minimum atomic E-state index is -0.937. The van der Waals surface area contributed by atoms with Crippen molar-refractivity contribution in [1.29, 1.82) is 0 Å². The molecule has 1 aliphatic rings. The first kappa shape index (κ1) is 21.2. The number of carbonyl (C=O) groups is 2. The van der Waals surface area contributed by atoms with Crippen molar-refractivity contribution in [1.82, 2.24) is 4.90 Å². The number of anilines is 1. The topological polar surface area (TPSA) is 78.9 Å². The van der Waals surface area contributed by atoms with E-state index in [1.54, 1.807) is 18.2 Å². The maximum absolute atomic E-state index is 13.8. The molecule has 9 heteroatoms. The predicted octanol–water partition coefficient (Wildman–Crippen LogP) is 5.74. The standard InChI is InChI=1S/C20H19Cl2FN2O4/c21-16-3-1-13(9-17(16)22)15-10-14(23)2-4-18(15)24-19(26)29-11-12-5-7-25(8-6-12)20(27)28/h1-4,9-10,12H,5-8,11H2,(H,24,26)(H,27,28). The molecule has 0 unspecified atom stereocenters. The van der Waals surface area contributed by atoms with E-state index in [9.17, 15) is 14.0 Å². The molecule has 2 aromatic carbocycles. The van der Waals surface area contributed by atoms with Crippen molar-refractivity contribution >= 4 is 41.1 Å². The Balaban J connectivity index is 1.63. The number of rotatable bonds is 4. The van der Waals surface area contributed by atoms with Crippen LogP contribution in [0.4, 0.5) is 19.7 Å². The van der Waals surface area contributed by atoms with E-state index < -0.39 is 18.0 Å². The summed E-state index contributed by atoms with van der Waals surface area (Å²) in [4.78, 5) is 24.5. The molecule has 1 heterocycles. The molecule has 0 radical (unpaired) electrons. The maximum atomic E-state index is 13.8. The van der Waals surface area contributed by atoms with Crippen molar-refractivity contribution in [3.05, 3.63) is 52.3 Å². The minimum Gasteiger partial charge on any atom is -0.465 e. The van der Waals surface area contributed by atoms with E-state index >= 15 is 0 Å². The van der Waals surface area contributed by atoms with Crippen LogP contribution in [0.3, 0.4) is 0 Å². The van der Waals surface area contributed by atoms with Crippen LogP contribution in [0.1, 0.15) is 12.8 Å². The van der Waals surface area contributed by atoms with Gasteiger partial charge in [0.1, 0.15) is 5.82 Å². The van der Waals surface area contributed by atoms with E-state index in [-0.39, 0.29) is 12.5 Å². The van der Waals surface area contributed by atoms with Gasteiger partial charge in [0.2, 0.25) is 0 Å². The molecule has 0 atom stereocenters. The zero-order valence-electron chi connectivity index (χ0n) is 15.3. The molecule has 154 valence electrons. The summed E-state index contributed by atoms with van der Waals surface area (Å²) in [7, 11) is 0. The lowest BCUT2D eigenvalue weighted by atomic mass is 9.98. The van der Waals surface area contributed by atoms with Crippen LogP contribution in [0.5, 0.6) is 0 Å². The number of hydrogen-bond acceptors (Lipinski definition) is 3. The van der Waals surface area contributed by atoms with Crippen LogP contribution in [0, 0.1) is 11.7 Å². The summed E-state index contributed by atoms with van der Waals surface area (Å²) in [5.41, 5.74) is 1.40. The van der Waals surface area contributed by atoms with Crippen molar-refractivity contribution in [3.63, 3.8) is 0 Å². The Morgan fingerprint density at radius 3 is 2.52 bits per heavy atom. The molecule has 0 aromatic heterocycles. The van der Waals surface area contributed by atoms with Gasteiger partial charge in [-0.25, -0.2) is 14.0 Å². The molecule has 1 saturated heterocycles. The normalized spacial score (nSPS) is 14.5. The van der Waals surface area contributed by atoms with E-state index in [1.165, 1.54) is 23.1 Å². The van der Waals surface area contributed by atoms with Gasteiger partial charge in [-0.3, -0.25) is 5.32 Å². The second-order valence-corrected chi connectivity index (χ2v) is 7.57. The lowest BCUT2D eigenvalue weighted by Gasteiger charge is -2.29. The Hall–Kier alpha value is -2.51. The summed E-state index contributed by atoms with van der Waals surface area (Å²) < 4.78 is 19.1. The third-order valence-corrected chi connectivity index (χ3v) is 5.52. The van der Waals surface area contributed by atoms with Crippen molar-refractivity contribution in [2.24, 2.45) is 5.92 Å². The van der Waals surface area contributed by atoms with Crippen LogP contribution in [0.15, 0.2) is 36.4 Å². The third kappa shape index (κ3) is 5.52. The number of nitrogens with one attached hydrogen (secondary N) is 1. The van der Waals surface area contributed by atoms with Crippen molar-refractivity contribution in [3.8, 4) is 11.1 Å². The molecule has 3 rings (SSSR count). The van der Waals surface area contributed by atoms with Gasteiger partial charge in [0.15, 0.2) is 0 Å². The molecule has 0 saturated carbocycles. The average molecular weight is 441 g/mol. The highest BCUT2D eigenvalue weighted by Gasteiger charge is 2.23. The molecule has 2 amide bonds. The first-order chi connectivity index (χ1) is 13.8. The Labute approximate surface area is 177 Å². The third-order valence-electron chi connectivity index (χ3n) is 4.78. The molecule has 2 N–H and O–H groups in total. The summed E-state index contributed by atoms with van der Waals surface area (Å²) >= 11 is 12.0. The lowest BCUT2D eigenvalue weighted by Crippen LogP contribution is -2.38. The molecule has 1 fully saturated rings. The van der Waals surface area contributed by atoms with Crippen LogP contribution in [0.2, 0.25) is 10.0 Å². The largest absolute Gasteiger partial charge is 0.465 e. The highest BCUT2D eigenvalue weighted by Crippen LogP contribution is 2.33. The van der Waals surface area contributed by atoms with Gasteiger partial charge in [0, 0.05) is 18.7 Å². The summed E-state index contributed by atoms with van der Waals surface area (Å²) in [6, 6.07) is 8.83. The molecule has 1 aliphatic heterocycles. The fourth-order valence-electron chi connectivity index (χ4n) is 3.16. The molecule has 0 bridgehead atoms. The highest BCUT2D eigenvalue weighted by molar-refractivity contribution is 6.42. The first-order valence-corrected chi connectivity index (χ1v) is 9.75. The Morgan fingerprint density at radius 1 is 1.14 bits per heavy atom. The highest BCUT2D eigenvalue weighted by atomic mass is 35.5. The molecular formula is C20H19Cl2FN2O4. The Kier molecular flexibility index (Phi) is 6.82. The van der Waals surface area contributed by atoms with Gasteiger partial charge in [0.05, 0.1) is 22.3 Å². The number of ether oxygens (including phenoxy) is 1. The van der Waals surface area contributed by atoms with Crippen molar-refractivity contribution < 1.29 is 23.8 Å². The van der Waals surface area contributed by atoms with Gasteiger partial charge in [0.25, 0.3) is 0 Å². The number of nitrogens with zero attached hydrogens (tertiary/aromatic N) is 1. The van der Waals surface area contributed by atoms with E-state index in [1.807, 2.05) is 0 Å². The number of carboxylic acid groups (broad SMARTS) is 1. The summed E-state index contributed by atoms with van der Waals surface area (Å²) in [5, 5.41) is 12.3. The average Bonchev–Trinajstić information content (AvgIpc) is 2.70. The van der Waals surface area contributed by atoms with Crippen LogP contribution in [0.25, 0.3) is 11.1 Å². The number of halogens is 3. The van der Waals surface area contributed by atoms with Crippen LogP contribution in [-0.2, 0) is 4.74 Å². The Bertz CT molecular complexity index is 917. The number of hydrogen-bond donors (Lipinski definition) is 2. The smallest absolute Gasteiger partial charge is 0.411 e. The van der Waals surface area contributed by atoms with Gasteiger partial charge in [-0.1, -0.05) is 29.3 Å². The monoisotopic (exact) mass is 440 g/mol. The van der Waals surface area contributed by atoms with Crippen LogP contribution in [-0.4, -0.2) is 41.9 Å². The zero-order valence-corrected chi connectivity index (χ0v) is 16.8. The molecule has 0 spiro atoms. The van der Waals surface area contributed by atoms with E-state index in [0.29, 0.717) is 52.8 Å². The fourth-order valence-corrected chi connectivity index (χ4v) is 3.46. The molecule has 2 aromatic rings. The maximum Gasteiger partial charge on any atom is 0.411 e. The minimum absolute atomic E-state index is 0.0964. The second kappa shape index (κ2) is 9.33. The van der Waals surface area contributed by atoms with Crippen molar-refractivity contribution in [2.75, 3.05) is 25.0 Å². The van der Waals surface area contributed by atoms with E-state index in [0.717, 1.165) is 0 Å². The number of likely N-dealkylation sites (tertiary alicyclic amines) is 1. The summed E-state index contributed by atoms with van der Waals surface area (Å²) in [6.07, 6.45) is -0.346. The lowest BCUT2D eigenvalue weighted by molar-refractivity contribution is 0.0948. The SMILES string of the molecule is O=C(Nc1ccc(F)cc1-c1ccc(Cl)c(Cl)c1)OCC1CCN(C(=O)O)CC1. The predicted molar refractivity (Wildman–Crippen MR) is 109 cm³/mol. The second-order valence-electron chi connectivity index (χ2n) is 6.76. The number of carbonyl (C=O) groups excluding carboxylic acids is 1. The van der Waals surface area contributed by atoms with E-state index in [2.05, 4.69) is 5.32 Å². The molecular weight excluding hydrogens is 422 g/mol. The van der Waals surface area contributed by atoms with Gasteiger partial charge in [-0.15, -0.1) is 0 Å². The van der Waals surface area contributed by atoms with Crippen LogP contribution >= 0.6 is 23.2 Å². The Morgan fingerprint density at radius 2 is 1.86 bits per heavy atom. The van der Waals surface area contributed by atoms with Gasteiger partial charge >= 0.3 is 12.2 Å². The number of amides is 2. The molecule has 6 nitrogen and oxygen atoms in total. The summed E-state index contributed by atoms with van der Waals surface area (Å²) in [6.45, 7) is 1.03. The molecule has 0 aliphatic carbocycles. The van der Waals surface area contributed by atoms with Gasteiger partial charge < -0.3 is 14.7 Å². The fraction of sp³-hybridized carbons (Fsp3) is 0.300. The van der Waals surface area contributed by atoms with E-state index in [4.69, 9.17) is 33.0 Å². The van der Waals surface area contributed by atoms with Gasteiger partial charge in [-0.2, -0.15) is 0 Å². The van der Waals surface area contributed by atoms with Crippen LogP contribution < -0.4 is 5.32 Å². The zero-order chi connectivity index (χ0) is 21.0. The summed E-state index contributed by atoms with van der Waals surface area (Å²) in [5.74, 6) is -0.366. The number of benzene rings is 2.